The molecule has 0 unspecified atom stereocenters. The lowest BCUT2D eigenvalue weighted by Crippen LogP contribution is -2.27. The SMILES string of the molecule is CCOC(=O)c1nn(-c2ccccc2)c(=O)cc1OCC(=O)Nc1ccc(OCC)cc1. The molecule has 0 aliphatic carbocycles. The predicted molar refractivity (Wildman–Crippen MR) is 118 cm³/mol. The Morgan fingerprint density at radius 2 is 1.69 bits per heavy atom. The number of hydrogen-bond donors (Lipinski definition) is 1. The molecule has 0 saturated carbocycles. The number of carbonyl (C=O) groups is 2. The van der Waals surface area contributed by atoms with Gasteiger partial charge in [0, 0.05) is 5.69 Å². The fourth-order valence-corrected chi connectivity index (χ4v) is 2.79. The van der Waals surface area contributed by atoms with Crippen molar-refractivity contribution in [1.82, 2.24) is 9.78 Å². The van der Waals surface area contributed by atoms with Crippen LogP contribution < -0.4 is 20.3 Å². The quantitative estimate of drug-likeness (QED) is 0.513. The maximum Gasteiger partial charge on any atom is 0.362 e. The molecule has 3 rings (SSSR count). The lowest BCUT2D eigenvalue weighted by molar-refractivity contribution is -0.118. The van der Waals surface area contributed by atoms with Crippen molar-refractivity contribution < 1.29 is 23.8 Å². The van der Waals surface area contributed by atoms with Crippen molar-refractivity contribution in [2.24, 2.45) is 0 Å². The number of anilines is 1. The molecule has 9 heteroatoms. The summed E-state index contributed by atoms with van der Waals surface area (Å²) in [6.07, 6.45) is 0. The summed E-state index contributed by atoms with van der Waals surface area (Å²) in [5, 5.41) is 6.78. The third kappa shape index (κ3) is 5.72. The van der Waals surface area contributed by atoms with Gasteiger partial charge in [0.15, 0.2) is 12.4 Å². The second-order valence-corrected chi connectivity index (χ2v) is 6.46. The molecule has 1 amide bonds. The molecule has 1 aromatic heterocycles. The van der Waals surface area contributed by atoms with Crippen LogP contribution in [0.1, 0.15) is 24.3 Å². The largest absolute Gasteiger partial charge is 0.494 e. The van der Waals surface area contributed by atoms with Gasteiger partial charge in [0.25, 0.3) is 11.5 Å². The summed E-state index contributed by atoms with van der Waals surface area (Å²) < 4.78 is 16.9. The highest BCUT2D eigenvalue weighted by Gasteiger charge is 2.20. The van der Waals surface area contributed by atoms with Crippen LogP contribution in [0.5, 0.6) is 11.5 Å². The topological polar surface area (TPSA) is 109 Å². The van der Waals surface area contributed by atoms with Gasteiger partial charge in [-0.3, -0.25) is 9.59 Å². The van der Waals surface area contributed by atoms with Gasteiger partial charge in [0.2, 0.25) is 5.69 Å². The normalized spacial score (nSPS) is 10.3. The maximum atomic E-state index is 12.5. The number of carbonyl (C=O) groups excluding carboxylic acids is 2. The van der Waals surface area contributed by atoms with Crippen LogP contribution in [0, 0.1) is 0 Å². The van der Waals surface area contributed by atoms with E-state index in [1.54, 1.807) is 61.5 Å². The van der Waals surface area contributed by atoms with Crippen LogP contribution in [0.15, 0.2) is 65.5 Å². The van der Waals surface area contributed by atoms with Gasteiger partial charge >= 0.3 is 5.97 Å². The molecule has 1 heterocycles. The molecular weight excluding hydrogens is 414 g/mol. The van der Waals surface area contributed by atoms with Crippen molar-refractivity contribution >= 4 is 17.6 Å². The standard InChI is InChI=1S/C23H23N3O6/c1-3-30-18-12-10-16(11-13-18)24-20(27)15-32-19-14-21(28)26(17-8-6-5-7-9-17)25-22(19)23(29)31-4-2/h5-14H,3-4,15H2,1-2H3,(H,24,27). The van der Waals surface area contributed by atoms with Gasteiger partial charge < -0.3 is 19.5 Å². The Hall–Kier alpha value is -4.14. The Kier molecular flexibility index (Phi) is 7.58. The molecular formula is C23H23N3O6. The van der Waals surface area contributed by atoms with Crippen LogP contribution in [0.4, 0.5) is 5.69 Å². The number of benzene rings is 2. The number of nitrogens with one attached hydrogen (secondary N) is 1. The summed E-state index contributed by atoms with van der Waals surface area (Å²) >= 11 is 0. The fraction of sp³-hybridized carbons (Fsp3) is 0.217. The summed E-state index contributed by atoms with van der Waals surface area (Å²) in [4.78, 5) is 37.2. The van der Waals surface area contributed by atoms with Crippen LogP contribution in [0.2, 0.25) is 0 Å². The molecule has 0 radical (unpaired) electrons. The molecule has 0 spiro atoms. The molecule has 0 atom stereocenters. The van der Waals surface area contributed by atoms with E-state index >= 15 is 0 Å². The molecule has 3 aromatic rings. The monoisotopic (exact) mass is 437 g/mol. The zero-order valence-electron chi connectivity index (χ0n) is 17.7. The lowest BCUT2D eigenvalue weighted by atomic mass is 10.3. The molecule has 32 heavy (non-hydrogen) atoms. The number of para-hydroxylation sites is 1. The van der Waals surface area contributed by atoms with Crippen LogP contribution in [-0.4, -0.2) is 41.5 Å². The van der Waals surface area contributed by atoms with E-state index in [1.807, 2.05) is 6.92 Å². The van der Waals surface area contributed by atoms with E-state index in [9.17, 15) is 14.4 Å². The molecule has 0 aliphatic heterocycles. The molecule has 0 saturated heterocycles. The molecule has 1 N–H and O–H groups in total. The van der Waals surface area contributed by atoms with E-state index in [0.29, 0.717) is 23.7 Å². The van der Waals surface area contributed by atoms with Crippen molar-refractivity contribution in [1.29, 1.82) is 0 Å². The number of aromatic nitrogens is 2. The molecule has 2 aromatic carbocycles. The van der Waals surface area contributed by atoms with Crippen molar-refractivity contribution in [2.45, 2.75) is 13.8 Å². The smallest absolute Gasteiger partial charge is 0.362 e. The highest BCUT2D eigenvalue weighted by atomic mass is 16.5. The summed E-state index contributed by atoms with van der Waals surface area (Å²) in [5.41, 5.74) is 0.295. The number of rotatable bonds is 9. The van der Waals surface area contributed by atoms with Crippen molar-refractivity contribution in [3.8, 4) is 17.2 Å². The van der Waals surface area contributed by atoms with Crippen LogP contribution in [-0.2, 0) is 9.53 Å². The Labute approximate surface area is 184 Å². The van der Waals surface area contributed by atoms with Gasteiger partial charge in [0.05, 0.1) is 25.0 Å². The average molecular weight is 437 g/mol. The van der Waals surface area contributed by atoms with Gasteiger partial charge in [-0.15, -0.1) is 0 Å². The summed E-state index contributed by atoms with van der Waals surface area (Å²) in [7, 11) is 0. The van der Waals surface area contributed by atoms with E-state index in [-0.39, 0.29) is 18.1 Å². The minimum atomic E-state index is -0.765. The van der Waals surface area contributed by atoms with Crippen LogP contribution >= 0.6 is 0 Å². The van der Waals surface area contributed by atoms with Crippen LogP contribution in [0.25, 0.3) is 5.69 Å². The Balaban J connectivity index is 1.77. The first-order chi connectivity index (χ1) is 15.5. The van der Waals surface area contributed by atoms with Gasteiger partial charge in [0.1, 0.15) is 5.75 Å². The lowest BCUT2D eigenvalue weighted by Gasteiger charge is -2.13. The first-order valence-corrected chi connectivity index (χ1v) is 10.0. The second kappa shape index (κ2) is 10.8. The highest BCUT2D eigenvalue weighted by Crippen LogP contribution is 2.18. The van der Waals surface area contributed by atoms with Crippen molar-refractivity contribution in [3.05, 3.63) is 76.7 Å². The Morgan fingerprint density at radius 1 is 0.969 bits per heavy atom. The molecule has 0 fully saturated rings. The Bertz CT molecular complexity index is 1130. The summed E-state index contributed by atoms with van der Waals surface area (Å²) in [6.45, 7) is 3.75. The fourth-order valence-electron chi connectivity index (χ4n) is 2.79. The number of amides is 1. The van der Waals surface area contributed by atoms with Gasteiger partial charge in [-0.25, -0.2) is 4.79 Å². The van der Waals surface area contributed by atoms with Gasteiger partial charge in [-0.05, 0) is 50.2 Å². The highest BCUT2D eigenvalue weighted by molar-refractivity contribution is 5.93. The minimum absolute atomic E-state index is 0.114. The first-order valence-electron chi connectivity index (χ1n) is 10.0. The molecule has 0 aliphatic rings. The number of ether oxygens (including phenoxy) is 3. The van der Waals surface area contributed by atoms with E-state index in [0.717, 1.165) is 10.7 Å². The zero-order valence-corrected chi connectivity index (χ0v) is 17.7. The number of hydrogen-bond acceptors (Lipinski definition) is 7. The Morgan fingerprint density at radius 3 is 2.34 bits per heavy atom. The van der Waals surface area contributed by atoms with Crippen LogP contribution in [0.3, 0.4) is 0 Å². The number of esters is 1. The van der Waals surface area contributed by atoms with Crippen molar-refractivity contribution in [2.75, 3.05) is 25.1 Å². The van der Waals surface area contributed by atoms with E-state index in [2.05, 4.69) is 10.4 Å². The molecule has 0 bridgehead atoms. The predicted octanol–water partition coefficient (Wildman–Crippen LogP) is 2.83. The van der Waals surface area contributed by atoms with E-state index < -0.39 is 24.0 Å². The van der Waals surface area contributed by atoms with E-state index in [1.165, 1.54) is 0 Å². The van der Waals surface area contributed by atoms with Gasteiger partial charge in [-0.1, -0.05) is 18.2 Å². The van der Waals surface area contributed by atoms with Gasteiger partial charge in [-0.2, -0.15) is 9.78 Å². The third-order valence-electron chi connectivity index (χ3n) is 4.17. The molecule has 166 valence electrons. The third-order valence-corrected chi connectivity index (χ3v) is 4.17. The number of nitrogens with zero attached hydrogens (tertiary/aromatic N) is 2. The van der Waals surface area contributed by atoms with E-state index in [4.69, 9.17) is 14.2 Å². The summed E-state index contributed by atoms with van der Waals surface area (Å²) in [6, 6.07) is 16.6. The maximum absolute atomic E-state index is 12.5. The molecule has 9 nitrogen and oxygen atoms in total. The summed E-state index contributed by atoms with van der Waals surface area (Å²) in [5.74, 6) is -0.691. The average Bonchev–Trinajstić information content (AvgIpc) is 2.80. The second-order valence-electron chi connectivity index (χ2n) is 6.46. The minimum Gasteiger partial charge on any atom is -0.494 e. The van der Waals surface area contributed by atoms with Crippen molar-refractivity contribution in [3.63, 3.8) is 0 Å². The zero-order chi connectivity index (χ0) is 22.9. The first kappa shape index (κ1) is 22.5.